The summed E-state index contributed by atoms with van der Waals surface area (Å²) in [6.07, 6.45) is 5.86. The van der Waals surface area contributed by atoms with E-state index in [1.807, 2.05) is 26.0 Å². The van der Waals surface area contributed by atoms with E-state index in [-0.39, 0.29) is 23.7 Å². The van der Waals surface area contributed by atoms with Crippen LogP contribution >= 0.6 is 0 Å². The van der Waals surface area contributed by atoms with Crippen LogP contribution in [0, 0.1) is 31.1 Å². The van der Waals surface area contributed by atoms with Gasteiger partial charge in [0.2, 0.25) is 11.8 Å². The van der Waals surface area contributed by atoms with Crippen molar-refractivity contribution in [2.24, 2.45) is 17.3 Å². The Morgan fingerprint density at radius 2 is 1.75 bits per heavy atom. The van der Waals surface area contributed by atoms with E-state index in [0.29, 0.717) is 30.5 Å². The number of aromatic nitrogens is 3. The number of anilines is 1. The van der Waals surface area contributed by atoms with Crippen molar-refractivity contribution in [1.29, 1.82) is 0 Å². The molecule has 1 aromatic carbocycles. The third-order valence-electron chi connectivity index (χ3n) is 8.24. The van der Waals surface area contributed by atoms with Gasteiger partial charge in [-0.1, -0.05) is 38.5 Å². The highest BCUT2D eigenvalue weighted by Gasteiger charge is 2.46. The third-order valence-corrected chi connectivity index (χ3v) is 8.24. The van der Waals surface area contributed by atoms with Gasteiger partial charge in [0.1, 0.15) is 11.6 Å². The van der Waals surface area contributed by atoms with E-state index in [2.05, 4.69) is 36.7 Å². The Bertz CT molecular complexity index is 1150. The normalized spacial score (nSPS) is 26.1. The van der Waals surface area contributed by atoms with E-state index in [0.717, 1.165) is 47.2 Å². The van der Waals surface area contributed by atoms with Gasteiger partial charge < -0.3 is 14.8 Å². The van der Waals surface area contributed by atoms with E-state index in [4.69, 9.17) is 10.2 Å². The number of aryl methyl sites for hydroxylation is 2. The Balaban J connectivity index is 1.39. The molecule has 2 heterocycles. The standard InChI is InChI=1S/C29H41N5O2/c1-17-7-10-25(18(2)11-17)30-28(36)24-16-33(19(3)35)15-23(24)27-32-31-26(34(27)22-8-9-22)21-12-20(13-21)14-29(4,5)6/h7,10-11,20-24H,8-9,12-16H2,1-6H3,(H,30,36)/t20?,21?,23-,24-/m0/s1. The molecule has 2 saturated carbocycles. The lowest BCUT2D eigenvalue weighted by molar-refractivity contribution is -0.128. The minimum absolute atomic E-state index is 0.00328. The second kappa shape index (κ2) is 9.31. The fraction of sp³-hybridized carbons (Fsp3) is 0.655. The first-order valence-electron chi connectivity index (χ1n) is 13.6. The number of nitrogens with zero attached hydrogens (tertiary/aromatic N) is 4. The largest absolute Gasteiger partial charge is 0.341 e. The van der Waals surface area contributed by atoms with Crippen LogP contribution < -0.4 is 5.32 Å². The predicted molar refractivity (Wildman–Crippen MR) is 141 cm³/mol. The molecule has 0 spiro atoms. The van der Waals surface area contributed by atoms with Gasteiger partial charge in [0.05, 0.1) is 11.8 Å². The fourth-order valence-electron chi connectivity index (χ4n) is 6.30. The van der Waals surface area contributed by atoms with Crippen molar-refractivity contribution in [3.8, 4) is 0 Å². The van der Waals surface area contributed by atoms with Crippen molar-refractivity contribution < 1.29 is 9.59 Å². The van der Waals surface area contributed by atoms with E-state index < -0.39 is 0 Å². The van der Waals surface area contributed by atoms with E-state index in [9.17, 15) is 9.59 Å². The number of nitrogens with one attached hydrogen (secondary N) is 1. The second-order valence-electron chi connectivity index (χ2n) is 12.8. The molecule has 194 valence electrons. The van der Waals surface area contributed by atoms with E-state index >= 15 is 0 Å². The molecule has 5 rings (SSSR count). The minimum Gasteiger partial charge on any atom is -0.341 e. The van der Waals surface area contributed by atoms with Crippen molar-refractivity contribution in [1.82, 2.24) is 19.7 Å². The van der Waals surface area contributed by atoms with E-state index in [1.54, 1.807) is 11.8 Å². The van der Waals surface area contributed by atoms with E-state index in [1.165, 1.54) is 19.3 Å². The highest BCUT2D eigenvalue weighted by Crippen LogP contribution is 2.49. The van der Waals surface area contributed by atoms with Crippen LogP contribution in [0.15, 0.2) is 18.2 Å². The Labute approximate surface area is 215 Å². The highest BCUT2D eigenvalue weighted by molar-refractivity contribution is 5.94. The predicted octanol–water partition coefficient (Wildman–Crippen LogP) is 5.36. The van der Waals surface area contributed by atoms with Gasteiger partial charge in [-0.25, -0.2) is 0 Å². The highest BCUT2D eigenvalue weighted by atomic mass is 16.2. The Kier molecular flexibility index (Phi) is 6.46. The molecule has 2 atom stereocenters. The van der Waals surface area contributed by atoms with Crippen LogP contribution in [0.5, 0.6) is 0 Å². The molecule has 2 aromatic rings. The Morgan fingerprint density at radius 3 is 2.36 bits per heavy atom. The van der Waals surface area contributed by atoms with Crippen molar-refractivity contribution >= 4 is 17.5 Å². The minimum atomic E-state index is -0.348. The summed E-state index contributed by atoms with van der Waals surface area (Å²) in [6, 6.07) is 6.48. The monoisotopic (exact) mass is 491 g/mol. The number of carbonyl (C=O) groups excluding carboxylic acids is 2. The molecule has 3 fully saturated rings. The molecular formula is C29H41N5O2. The Hall–Kier alpha value is -2.70. The van der Waals surface area contributed by atoms with Crippen LogP contribution in [0.1, 0.15) is 100 Å². The fourth-order valence-corrected chi connectivity index (χ4v) is 6.30. The second-order valence-corrected chi connectivity index (χ2v) is 12.8. The summed E-state index contributed by atoms with van der Waals surface area (Å²) in [5, 5.41) is 12.6. The van der Waals surface area contributed by atoms with Gasteiger partial charge >= 0.3 is 0 Å². The maximum Gasteiger partial charge on any atom is 0.230 e. The van der Waals surface area contributed by atoms with Gasteiger partial charge in [-0.15, -0.1) is 10.2 Å². The van der Waals surface area contributed by atoms with Crippen LogP contribution in [-0.2, 0) is 9.59 Å². The SMILES string of the molecule is CC(=O)N1C[C@H](C(=O)Nc2ccc(C)cc2C)[C@@H](c2nnc(C3CC(CC(C)(C)C)C3)n2C2CC2)C1. The lowest BCUT2D eigenvalue weighted by Gasteiger charge is -2.38. The van der Waals surface area contributed by atoms with Crippen molar-refractivity contribution in [3.63, 3.8) is 0 Å². The zero-order valence-electron chi connectivity index (χ0n) is 22.7. The molecule has 2 aliphatic carbocycles. The number of benzene rings is 1. The molecule has 1 aromatic heterocycles. The van der Waals surface area contributed by atoms with Crippen LogP contribution in [0.25, 0.3) is 0 Å². The van der Waals surface area contributed by atoms with Crippen molar-refractivity contribution in [2.45, 2.75) is 91.5 Å². The summed E-state index contributed by atoms with van der Waals surface area (Å²) in [5.41, 5.74) is 3.38. The van der Waals surface area contributed by atoms with Crippen LogP contribution in [0.3, 0.4) is 0 Å². The molecule has 0 unspecified atom stereocenters. The van der Waals surface area contributed by atoms with Gasteiger partial charge in [0.15, 0.2) is 0 Å². The lowest BCUT2D eigenvalue weighted by atomic mass is 9.68. The third kappa shape index (κ3) is 5.07. The number of rotatable bonds is 6. The zero-order chi connectivity index (χ0) is 25.8. The topological polar surface area (TPSA) is 80.1 Å². The number of amides is 2. The molecule has 0 radical (unpaired) electrons. The summed E-state index contributed by atoms with van der Waals surface area (Å²) in [7, 11) is 0. The number of carbonyl (C=O) groups is 2. The molecule has 7 nitrogen and oxygen atoms in total. The molecule has 1 aliphatic heterocycles. The number of hydrogen-bond donors (Lipinski definition) is 1. The molecule has 7 heteroatoms. The molecule has 1 N–H and O–H groups in total. The summed E-state index contributed by atoms with van der Waals surface area (Å²) in [6.45, 7) is 13.5. The van der Waals surface area contributed by atoms with Gasteiger partial charge in [-0.05, 0) is 68.9 Å². The summed E-state index contributed by atoms with van der Waals surface area (Å²) >= 11 is 0. The maximum absolute atomic E-state index is 13.6. The van der Waals surface area contributed by atoms with Crippen LogP contribution in [0.2, 0.25) is 0 Å². The van der Waals surface area contributed by atoms with Crippen LogP contribution in [-0.4, -0.2) is 44.6 Å². The van der Waals surface area contributed by atoms with Crippen molar-refractivity contribution in [3.05, 3.63) is 41.0 Å². The molecule has 0 bridgehead atoms. The van der Waals surface area contributed by atoms with Gasteiger partial charge in [-0.3, -0.25) is 9.59 Å². The first kappa shape index (κ1) is 25.0. The van der Waals surface area contributed by atoms with Gasteiger partial charge in [0.25, 0.3) is 0 Å². The molecule has 2 amide bonds. The van der Waals surface area contributed by atoms with Crippen molar-refractivity contribution in [2.75, 3.05) is 18.4 Å². The summed E-state index contributed by atoms with van der Waals surface area (Å²) in [5.74, 6) is 2.67. The molecular weight excluding hydrogens is 450 g/mol. The lowest BCUT2D eigenvalue weighted by Crippen LogP contribution is -2.31. The summed E-state index contributed by atoms with van der Waals surface area (Å²) in [4.78, 5) is 27.7. The quantitative estimate of drug-likeness (QED) is 0.590. The zero-order valence-corrected chi connectivity index (χ0v) is 22.7. The Morgan fingerprint density at radius 1 is 1.06 bits per heavy atom. The number of hydrogen-bond acceptors (Lipinski definition) is 4. The van der Waals surface area contributed by atoms with Gasteiger partial charge in [0, 0.05) is 37.7 Å². The average Bonchev–Trinajstić information content (AvgIpc) is 3.34. The first-order chi connectivity index (χ1) is 17.0. The van der Waals surface area contributed by atoms with Crippen LogP contribution in [0.4, 0.5) is 5.69 Å². The summed E-state index contributed by atoms with van der Waals surface area (Å²) < 4.78 is 2.36. The molecule has 1 saturated heterocycles. The molecule has 3 aliphatic rings. The van der Waals surface area contributed by atoms with Gasteiger partial charge in [-0.2, -0.15) is 0 Å². The number of likely N-dealkylation sites (tertiary alicyclic amines) is 1. The maximum atomic E-state index is 13.6. The molecule has 36 heavy (non-hydrogen) atoms. The smallest absolute Gasteiger partial charge is 0.230 e. The first-order valence-corrected chi connectivity index (χ1v) is 13.6. The average molecular weight is 492 g/mol.